The van der Waals surface area contributed by atoms with Crippen LogP contribution in [0.15, 0.2) is 52.1 Å². The van der Waals surface area contributed by atoms with Crippen molar-refractivity contribution >= 4 is 33.5 Å². The number of para-hydroxylation sites is 1. The Morgan fingerprint density at radius 3 is 2.65 bits per heavy atom. The molecule has 3 aromatic rings. The molecule has 1 atom stereocenters. The highest BCUT2D eigenvalue weighted by atomic mass is 35.5. The Bertz CT molecular complexity index is 780. The van der Waals surface area contributed by atoms with Crippen molar-refractivity contribution in [3.05, 3.63) is 58.6 Å². The summed E-state index contributed by atoms with van der Waals surface area (Å²) in [5.74, 6) is 0.364. The standard InChI is InChI=1S/C15H12ClNO2S/c1-10-3-2-4-13-14(10)17-15(19-13)20(18)9-11-5-7-12(16)8-6-11/h2-8H,9H2,1H3. The van der Waals surface area contributed by atoms with Gasteiger partial charge in [-0.2, -0.15) is 0 Å². The highest BCUT2D eigenvalue weighted by Crippen LogP contribution is 2.22. The zero-order valence-electron chi connectivity index (χ0n) is 10.8. The summed E-state index contributed by atoms with van der Waals surface area (Å²) in [5, 5.41) is 0.932. The van der Waals surface area contributed by atoms with Crippen molar-refractivity contribution in [1.82, 2.24) is 4.98 Å². The molecule has 0 saturated heterocycles. The summed E-state index contributed by atoms with van der Waals surface area (Å²) >= 11 is 5.83. The van der Waals surface area contributed by atoms with E-state index >= 15 is 0 Å². The van der Waals surface area contributed by atoms with Crippen LogP contribution in [0.4, 0.5) is 0 Å². The number of aryl methyl sites for hydroxylation is 1. The average Bonchev–Trinajstić information content (AvgIpc) is 2.87. The molecule has 3 rings (SSSR count). The summed E-state index contributed by atoms with van der Waals surface area (Å²) in [6, 6.07) is 13.0. The van der Waals surface area contributed by atoms with Crippen LogP contribution in [0.5, 0.6) is 0 Å². The molecule has 0 amide bonds. The van der Waals surface area contributed by atoms with Gasteiger partial charge >= 0.3 is 0 Å². The van der Waals surface area contributed by atoms with Crippen molar-refractivity contribution < 1.29 is 8.63 Å². The molecule has 102 valence electrons. The number of aromatic nitrogens is 1. The Kier molecular flexibility index (Phi) is 3.59. The van der Waals surface area contributed by atoms with Gasteiger partial charge in [0.1, 0.15) is 16.3 Å². The lowest BCUT2D eigenvalue weighted by molar-refractivity contribution is 0.477. The molecule has 1 aromatic heterocycles. The molecule has 2 aromatic carbocycles. The second-order valence-corrected chi connectivity index (χ2v) is 6.28. The number of halogens is 1. The van der Waals surface area contributed by atoms with E-state index in [9.17, 15) is 4.21 Å². The third-order valence-electron chi connectivity index (χ3n) is 3.01. The van der Waals surface area contributed by atoms with Gasteiger partial charge in [-0.3, -0.25) is 0 Å². The Labute approximate surface area is 124 Å². The molecule has 5 heteroatoms. The van der Waals surface area contributed by atoms with Crippen LogP contribution in [0.25, 0.3) is 11.1 Å². The Hall–Kier alpha value is -1.65. The van der Waals surface area contributed by atoms with Gasteiger partial charge in [-0.05, 0) is 36.2 Å². The Balaban J connectivity index is 1.89. The summed E-state index contributed by atoms with van der Waals surface area (Å²) < 4.78 is 17.9. The maximum absolute atomic E-state index is 12.3. The molecule has 3 nitrogen and oxygen atoms in total. The van der Waals surface area contributed by atoms with Crippen LogP contribution in [0.2, 0.25) is 5.02 Å². The molecular weight excluding hydrogens is 294 g/mol. The van der Waals surface area contributed by atoms with E-state index in [1.807, 2.05) is 37.3 Å². The van der Waals surface area contributed by atoms with Crippen LogP contribution >= 0.6 is 11.6 Å². The van der Waals surface area contributed by atoms with Crippen LogP contribution in [-0.4, -0.2) is 9.19 Å². The summed E-state index contributed by atoms with van der Waals surface area (Å²) in [7, 11) is -1.30. The van der Waals surface area contributed by atoms with Gasteiger partial charge in [0.2, 0.25) is 0 Å². The number of rotatable bonds is 3. The highest BCUT2D eigenvalue weighted by Gasteiger charge is 2.14. The van der Waals surface area contributed by atoms with Gasteiger partial charge in [-0.25, -0.2) is 9.19 Å². The van der Waals surface area contributed by atoms with Crippen molar-refractivity contribution in [3.63, 3.8) is 0 Å². The maximum atomic E-state index is 12.3. The normalized spacial score (nSPS) is 12.7. The van der Waals surface area contributed by atoms with E-state index in [0.717, 1.165) is 16.6 Å². The number of hydrogen-bond donors (Lipinski definition) is 0. The number of fused-ring (bicyclic) bond motifs is 1. The first-order valence-electron chi connectivity index (χ1n) is 6.12. The molecule has 0 spiro atoms. The molecule has 0 radical (unpaired) electrons. The van der Waals surface area contributed by atoms with Gasteiger partial charge in [-0.15, -0.1) is 0 Å². The molecule has 0 bridgehead atoms. The molecule has 1 heterocycles. The SMILES string of the molecule is Cc1cccc2oc(S(=O)Cc3ccc(Cl)cc3)nc12. The van der Waals surface area contributed by atoms with Crippen molar-refractivity contribution in [2.24, 2.45) is 0 Å². The zero-order chi connectivity index (χ0) is 14.1. The molecule has 0 aliphatic rings. The third kappa shape index (κ3) is 2.62. The van der Waals surface area contributed by atoms with Gasteiger partial charge in [0.25, 0.3) is 5.22 Å². The predicted octanol–water partition coefficient (Wildman–Crippen LogP) is 4.10. The van der Waals surface area contributed by atoms with Crippen LogP contribution < -0.4 is 0 Å². The third-order valence-corrected chi connectivity index (χ3v) is 4.42. The topological polar surface area (TPSA) is 43.1 Å². The van der Waals surface area contributed by atoms with Crippen molar-refractivity contribution in [1.29, 1.82) is 0 Å². The number of oxazole rings is 1. The fourth-order valence-electron chi connectivity index (χ4n) is 1.96. The lowest BCUT2D eigenvalue weighted by Crippen LogP contribution is -1.96. The summed E-state index contributed by atoms with van der Waals surface area (Å²) in [6.07, 6.45) is 0. The monoisotopic (exact) mass is 305 g/mol. The summed E-state index contributed by atoms with van der Waals surface area (Å²) in [5.41, 5.74) is 3.39. The summed E-state index contributed by atoms with van der Waals surface area (Å²) in [6.45, 7) is 1.96. The molecule has 1 unspecified atom stereocenters. The highest BCUT2D eigenvalue weighted by molar-refractivity contribution is 7.84. The molecule has 0 aliphatic heterocycles. The van der Waals surface area contributed by atoms with E-state index in [2.05, 4.69) is 4.98 Å². The lowest BCUT2D eigenvalue weighted by Gasteiger charge is -1.98. The van der Waals surface area contributed by atoms with Crippen molar-refractivity contribution in [3.8, 4) is 0 Å². The smallest absolute Gasteiger partial charge is 0.288 e. The maximum Gasteiger partial charge on any atom is 0.288 e. The first-order chi connectivity index (χ1) is 9.63. The van der Waals surface area contributed by atoms with Gasteiger partial charge in [-0.1, -0.05) is 35.9 Å². The predicted molar refractivity (Wildman–Crippen MR) is 80.3 cm³/mol. The largest absolute Gasteiger partial charge is 0.430 e. The lowest BCUT2D eigenvalue weighted by atomic mass is 10.2. The minimum Gasteiger partial charge on any atom is -0.430 e. The number of benzene rings is 2. The second kappa shape index (κ2) is 5.38. The van der Waals surface area contributed by atoms with E-state index in [4.69, 9.17) is 16.0 Å². The fraction of sp³-hybridized carbons (Fsp3) is 0.133. The van der Waals surface area contributed by atoms with Gasteiger partial charge in [0.05, 0.1) is 5.75 Å². The first kappa shape index (κ1) is 13.3. The van der Waals surface area contributed by atoms with Crippen molar-refractivity contribution in [2.45, 2.75) is 17.9 Å². The van der Waals surface area contributed by atoms with Crippen LogP contribution in [-0.2, 0) is 16.6 Å². The van der Waals surface area contributed by atoms with Gasteiger partial charge < -0.3 is 4.42 Å². The van der Waals surface area contributed by atoms with E-state index in [1.54, 1.807) is 12.1 Å². The zero-order valence-corrected chi connectivity index (χ0v) is 12.4. The average molecular weight is 306 g/mol. The van der Waals surface area contributed by atoms with Crippen LogP contribution in [0.3, 0.4) is 0 Å². The van der Waals surface area contributed by atoms with E-state index in [0.29, 0.717) is 16.4 Å². The molecule has 20 heavy (non-hydrogen) atoms. The minimum atomic E-state index is -1.30. The minimum absolute atomic E-state index is 0.268. The van der Waals surface area contributed by atoms with E-state index in [1.165, 1.54) is 0 Å². The van der Waals surface area contributed by atoms with Crippen LogP contribution in [0, 0.1) is 6.92 Å². The van der Waals surface area contributed by atoms with E-state index < -0.39 is 10.8 Å². The van der Waals surface area contributed by atoms with Crippen molar-refractivity contribution in [2.75, 3.05) is 0 Å². The van der Waals surface area contributed by atoms with Gasteiger partial charge in [0, 0.05) is 5.02 Å². The second-order valence-electron chi connectivity index (χ2n) is 4.52. The Morgan fingerprint density at radius 1 is 1.20 bits per heavy atom. The molecule has 0 saturated carbocycles. The molecule has 0 N–H and O–H groups in total. The molecule has 0 fully saturated rings. The van der Waals surface area contributed by atoms with Crippen LogP contribution in [0.1, 0.15) is 11.1 Å². The molecular formula is C15H12ClNO2S. The first-order valence-corrected chi connectivity index (χ1v) is 7.82. The van der Waals surface area contributed by atoms with Gasteiger partial charge in [0.15, 0.2) is 5.58 Å². The number of nitrogens with zero attached hydrogens (tertiary/aromatic N) is 1. The summed E-state index contributed by atoms with van der Waals surface area (Å²) in [4.78, 5) is 4.33. The number of hydrogen-bond acceptors (Lipinski definition) is 3. The quantitative estimate of drug-likeness (QED) is 0.731. The van der Waals surface area contributed by atoms with E-state index in [-0.39, 0.29) is 5.22 Å². The molecule has 0 aliphatic carbocycles. The fourth-order valence-corrected chi connectivity index (χ4v) is 3.08. The Morgan fingerprint density at radius 2 is 1.95 bits per heavy atom.